The smallest absolute Gasteiger partial charge is 0.120 e. The molecule has 1 atom stereocenters. The highest BCUT2D eigenvalue weighted by atomic mass is 16.3. The molecule has 86 valence electrons. The van der Waals surface area contributed by atoms with Crippen molar-refractivity contribution in [1.29, 1.82) is 0 Å². The van der Waals surface area contributed by atoms with Crippen LogP contribution in [0.4, 0.5) is 0 Å². The number of hydrogen-bond acceptors (Lipinski definition) is 2. The maximum absolute atomic E-state index is 11.0. The van der Waals surface area contributed by atoms with Crippen LogP contribution < -0.4 is 0 Å². The number of nitrogens with zero attached hydrogens (tertiary/aromatic N) is 1. The lowest BCUT2D eigenvalue weighted by Crippen LogP contribution is -2.31. The lowest BCUT2D eigenvalue weighted by molar-refractivity contribution is 0.0362. The molecule has 0 saturated heterocycles. The minimum atomic E-state index is -0.903. The van der Waals surface area contributed by atoms with Gasteiger partial charge in [-0.3, -0.25) is 4.98 Å². The molecule has 17 heavy (non-hydrogen) atoms. The summed E-state index contributed by atoms with van der Waals surface area (Å²) in [6.07, 6.45) is 1.78. The zero-order chi connectivity index (χ0) is 12.0. The van der Waals surface area contributed by atoms with E-state index in [9.17, 15) is 5.11 Å². The Labute approximate surface area is 101 Å². The molecule has 2 nitrogen and oxygen atoms in total. The molecule has 0 bridgehead atoms. The molecule has 1 N–H and O–H groups in total. The molecule has 1 aliphatic rings. The number of hydrogen-bond donors (Lipinski definition) is 1. The van der Waals surface area contributed by atoms with Gasteiger partial charge in [-0.05, 0) is 17.5 Å². The van der Waals surface area contributed by atoms with Crippen molar-refractivity contribution in [1.82, 2.24) is 4.98 Å². The number of rotatable bonds is 1. The largest absolute Gasteiger partial charge is 0.380 e. The number of pyridine rings is 1. The monoisotopic (exact) mass is 225 g/mol. The quantitative estimate of drug-likeness (QED) is 0.809. The minimum absolute atomic E-state index is 0.120. The molecule has 1 heterocycles. The van der Waals surface area contributed by atoms with Crippen LogP contribution in [0.5, 0.6) is 0 Å². The van der Waals surface area contributed by atoms with Gasteiger partial charge in [0.05, 0.1) is 5.69 Å². The zero-order valence-corrected chi connectivity index (χ0v) is 10.0. The highest BCUT2D eigenvalue weighted by molar-refractivity contribution is 5.77. The van der Waals surface area contributed by atoms with E-state index in [4.69, 9.17) is 0 Å². The first-order valence-electron chi connectivity index (χ1n) is 5.93. The molecule has 0 spiro atoms. The molecule has 1 unspecified atom stereocenters. The second kappa shape index (κ2) is 3.41. The van der Waals surface area contributed by atoms with Gasteiger partial charge in [0.2, 0.25) is 0 Å². The molecular weight excluding hydrogens is 210 g/mol. The highest BCUT2D eigenvalue weighted by Gasteiger charge is 2.44. The van der Waals surface area contributed by atoms with Gasteiger partial charge in [-0.2, -0.15) is 0 Å². The van der Waals surface area contributed by atoms with Crippen LogP contribution in [-0.2, 0) is 5.60 Å². The molecule has 1 aromatic heterocycles. The summed E-state index contributed by atoms with van der Waals surface area (Å²) in [5, 5.41) is 11.0. The van der Waals surface area contributed by atoms with Gasteiger partial charge in [-0.25, -0.2) is 0 Å². The van der Waals surface area contributed by atoms with Crippen LogP contribution in [0.3, 0.4) is 0 Å². The van der Waals surface area contributed by atoms with Gasteiger partial charge in [0, 0.05) is 17.3 Å². The summed E-state index contributed by atoms with van der Waals surface area (Å²) in [5.74, 6) is 0.120. The molecule has 2 heteroatoms. The highest BCUT2D eigenvalue weighted by Crippen LogP contribution is 2.49. The maximum atomic E-state index is 11.0. The summed E-state index contributed by atoms with van der Waals surface area (Å²) in [6, 6.07) is 11.8. The first-order valence-corrected chi connectivity index (χ1v) is 5.93. The molecule has 1 aliphatic carbocycles. The first kappa shape index (κ1) is 10.5. The van der Waals surface area contributed by atoms with Crippen molar-refractivity contribution in [2.24, 2.45) is 5.92 Å². The Balaban J connectivity index is 2.39. The van der Waals surface area contributed by atoms with E-state index in [-0.39, 0.29) is 5.92 Å². The SMILES string of the molecule is CC(C)C1(O)c2ccccc2-c2ncccc21. The van der Waals surface area contributed by atoms with Crippen LogP contribution >= 0.6 is 0 Å². The summed E-state index contributed by atoms with van der Waals surface area (Å²) in [5.41, 5.74) is 2.97. The summed E-state index contributed by atoms with van der Waals surface area (Å²) in [4.78, 5) is 4.42. The van der Waals surface area contributed by atoms with Gasteiger partial charge < -0.3 is 5.11 Å². The van der Waals surface area contributed by atoms with Crippen molar-refractivity contribution in [3.63, 3.8) is 0 Å². The molecule has 0 radical (unpaired) electrons. The van der Waals surface area contributed by atoms with E-state index in [2.05, 4.69) is 4.98 Å². The fraction of sp³-hybridized carbons (Fsp3) is 0.267. The molecule has 2 aromatic rings. The van der Waals surface area contributed by atoms with Gasteiger partial charge in [-0.1, -0.05) is 44.2 Å². The van der Waals surface area contributed by atoms with Crippen molar-refractivity contribution in [2.45, 2.75) is 19.4 Å². The van der Waals surface area contributed by atoms with Crippen LogP contribution in [0.15, 0.2) is 42.6 Å². The molecule has 0 amide bonds. The van der Waals surface area contributed by atoms with Crippen LogP contribution in [0.25, 0.3) is 11.3 Å². The number of fused-ring (bicyclic) bond motifs is 3. The third-order valence-corrected chi connectivity index (χ3v) is 3.65. The van der Waals surface area contributed by atoms with E-state index in [1.807, 2.05) is 50.2 Å². The Bertz CT molecular complexity index is 529. The predicted octanol–water partition coefficient (Wildman–Crippen LogP) is 2.95. The van der Waals surface area contributed by atoms with E-state index in [1.165, 1.54) is 0 Å². The lowest BCUT2D eigenvalue weighted by atomic mass is 9.82. The topological polar surface area (TPSA) is 33.1 Å². The number of benzene rings is 1. The molecular formula is C15H15NO. The average molecular weight is 225 g/mol. The summed E-state index contributed by atoms with van der Waals surface area (Å²) >= 11 is 0. The fourth-order valence-electron chi connectivity index (χ4n) is 2.72. The van der Waals surface area contributed by atoms with Crippen molar-refractivity contribution in [3.05, 3.63) is 53.7 Å². The molecule has 0 fully saturated rings. The standard InChI is InChI=1S/C15H15NO/c1-10(2)15(17)12-7-4-3-6-11(12)14-13(15)8-5-9-16-14/h3-10,17H,1-2H3. The van der Waals surface area contributed by atoms with Crippen LogP contribution in [0.2, 0.25) is 0 Å². The van der Waals surface area contributed by atoms with Crippen molar-refractivity contribution < 1.29 is 5.11 Å². The van der Waals surface area contributed by atoms with Gasteiger partial charge in [0.25, 0.3) is 0 Å². The van der Waals surface area contributed by atoms with Crippen molar-refractivity contribution in [2.75, 3.05) is 0 Å². The molecule has 3 rings (SSSR count). The second-order valence-electron chi connectivity index (χ2n) is 4.87. The van der Waals surface area contributed by atoms with Gasteiger partial charge >= 0.3 is 0 Å². The Morgan fingerprint density at radius 2 is 1.76 bits per heavy atom. The third kappa shape index (κ3) is 1.22. The normalized spacial score (nSPS) is 21.4. The lowest BCUT2D eigenvalue weighted by Gasteiger charge is -2.29. The van der Waals surface area contributed by atoms with Crippen molar-refractivity contribution >= 4 is 0 Å². The summed E-state index contributed by atoms with van der Waals surface area (Å²) in [7, 11) is 0. The zero-order valence-electron chi connectivity index (χ0n) is 10.0. The second-order valence-corrected chi connectivity index (χ2v) is 4.87. The first-order chi connectivity index (χ1) is 8.15. The molecule has 0 saturated carbocycles. The van der Waals surface area contributed by atoms with Crippen LogP contribution in [0.1, 0.15) is 25.0 Å². The van der Waals surface area contributed by atoms with Crippen molar-refractivity contribution in [3.8, 4) is 11.3 Å². The Hall–Kier alpha value is -1.67. The fourth-order valence-corrected chi connectivity index (χ4v) is 2.72. The predicted molar refractivity (Wildman–Crippen MR) is 67.5 cm³/mol. The Morgan fingerprint density at radius 1 is 1.06 bits per heavy atom. The van der Waals surface area contributed by atoms with Gasteiger partial charge in [-0.15, -0.1) is 0 Å². The van der Waals surface area contributed by atoms with E-state index in [0.717, 1.165) is 22.4 Å². The number of aliphatic hydroxyl groups is 1. The van der Waals surface area contributed by atoms with Gasteiger partial charge in [0.1, 0.15) is 5.60 Å². The minimum Gasteiger partial charge on any atom is -0.380 e. The Morgan fingerprint density at radius 3 is 2.53 bits per heavy atom. The van der Waals surface area contributed by atoms with E-state index in [0.29, 0.717) is 0 Å². The van der Waals surface area contributed by atoms with Crippen LogP contribution in [-0.4, -0.2) is 10.1 Å². The molecule has 1 aromatic carbocycles. The summed E-state index contributed by atoms with van der Waals surface area (Å²) in [6.45, 7) is 4.08. The maximum Gasteiger partial charge on any atom is 0.120 e. The average Bonchev–Trinajstić information content (AvgIpc) is 2.63. The Kier molecular flexibility index (Phi) is 2.10. The number of aromatic nitrogens is 1. The molecule has 0 aliphatic heterocycles. The van der Waals surface area contributed by atoms with Gasteiger partial charge in [0.15, 0.2) is 0 Å². The van der Waals surface area contributed by atoms with E-state index >= 15 is 0 Å². The van der Waals surface area contributed by atoms with E-state index < -0.39 is 5.60 Å². The van der Waals surface area contributed by atoms with E-state index in [1.54, 1.807) is 6.20 Å². The van der Waals surface area contributed by atoms with Crippen LogP contribution in [0, 0.1) is 5.92 Å². The summed E-state index contributed by atoms with van der Waals surface area (Å²) < 4.78 is 0. The third-order valence-electron chi connectivity index (χ3n) is 3.65.